The number of aliphatic hydroxyl groups excluding tert-OH is 5. The zero-order valence-electron chi connectivity index (χ0n) is 54.3. The van der Waals surface area contributed by atoms with Gasteiger partial charge in [0, 0.05) is 6.42 Å². The van der Waals surface area contributed by atoms with Crippen LogP contribution in [0, 0.1) is 0 Å². The molecule has 484 valence electrons. The van der Waals surface area contributed by atoms with Gasteiger partial charge < -0.3 is 40.3 Å². The van der Waals surface area contributed by atoms with Gasteiger partial charge in [-0.2, -0.15) is 0 Å². The van der Waals surface area contributed by atoms with Gasteiger partial charge in [-0.15, -0.1) is 0 Å². The summed E-state index contributed by atoms with van der Waals surface area (Å²) in [6.07, 6.45) is 76.5. The Labute approximate surface area is 508 Å². The van der Waals surface area contributed by atoms with E-state index >= 15 is 0 Å². The highest BCUT2D eigenvalue weighted by atomic mass is 16.7. The van der Waals surface area contributed by atoms with Gasteiger partial charge in [0.25, 0.3) is 0 Å². The van der Waals surface area contributed by atoms with Crippen molar-refractivity contribution >= 4 is 5.91 Å². The summed E-state index contributed by atoms with van der Waals surface area (Å²) in [5.74, 6) is -0.137. The third-order valence-electron chi connectivity index (χ3n) is 17.5. The number of carbonyl (C=O) groups is 1. The molecule has 6 N–H and O–H groups in total. The highest BCUT2D eigenvalue weighted by Crippen LogP contribution is 2.24. The fourth-order valence-electron chi connectivity index (χ4n) is 11.8. The van der Waals surface area contributed by atoms with E-state index in [2.05, 4.69) is 55.6 Å². The van der Waals surface area contributed by atoms with Gasteiger partial charge >= 0.3 is 0 Å². The van der Waals surface area contributed by atoms with E-state index in [4.69, 9.17) is 9.47 Å². The third-order valence-corrected chi connectivity index (χ3v) is 17.5. The minimum absolute atomic E-state index is 0.134. The van der Waals surface area contributed by atoms with E-state index in [1.54, 1.807) is 0 Å². The first-order chi connectivity index (χ1) is 40.3. The van der Waals surface area contributed by atoms with Crippen LogP contribution in [-0.2, 0) is 14.3 Å². The topological polar surface area (TPSA) is 149 Å². The highest BCUT2D eigenvalue weighted by Gasteiger charge is 2.44. The Morgan fingerprint density at radius 2 is 0.720 bits per heavy atom. The van der Waals surface area contributed by atoms with Crippen molar-refractivity contribution in [3.8, 4) is 0 Å². The van der Waals surface area contributed by atoms with E-state index in [0.717, 1.165) is 51.4 Å². The lowest BCUT2D eigenvalue weighted by atomic mass is 9.99. The molecular weight excluding hydrogens is 1020 g/mol. The van der Waals surface area contributed by atoms with Crippen LogP contribution in [0.4, 0.5) is 0 Å². The summed E-state index contributed by atoms with van der Waals surface area (Å²) in [5, 5.41) is 55.0. The minimum Gasteiger partial charge on any atom is -0.394 e. The van der Waals surface area contributed by atoms with E-state index in [1.807, 2.05) is 0 Å². The first-order valence-electron chi connectivity index (χ1n) is 36.2. The molecular formula is C73H139NO8. The van der Waals surface area contributed by atoms with Gasteiger partial charge in [0.05, 0.1) is 25.4 Å². The molecule has 0 aromatic rings. The summed E-state index contributed by atoms with van der Waals surface area (Å²) >= 11 is 0. The average Bonchev–Trinajstić information content (AvgIpc) is 3.57. The molecule has 0 radical (unpaired) electrons. The van der Waals surface area contributed by atoms with Gasteiger partial charge in [0.2, 0.25) is 5.91 Å². The lowest BCUT2D eigenvalue weighted by Gasteiger charge is -2.40. The van der Waals surface area contributed by atoms with Crippen LogP contribution in [0.15, 0.2) is 36.5 Å². The summed E-state index contributed by atoms with van der Waals surface area (Å²) in [5.41, 5.74) is 0. The number of nitrogens with one attached hydrogen (secondary N) is 1. The first-order valence-corrected chi connectivity index (χ1v) is 36.2. The fourth-order valence-corrected chi connectivity index (χ4v) is 11.8. The molecule has 1 heterocycles. The molecule has 9 nitrogen and oxygen atoms in total. The maximum absolute atomic E-state index is 13.2. The van der Waals surface area contributed by atoms with Crippen molar-refractivity contribution in [2.45, 2.75) is 410 Å². The molecule has 9 heteroatoms. The molecule has 0 aliphatic carbocycles. The molecule has 7 atom stereocenters. The molecule has 1 saturated heterocycles. The number of allylic oxidation sites excluding steroid dienone is 6. The molecule has 0 aromatic carbocycles. The second-order valence-corrected chi connectivity index (χ2v) is 25.4. The quantitative estimate of drug-likeness (QED) is 0.0261. The van der Waals surface area contributed by atoms with Crippen LogP contribution in [0.25, 0.3) is 0 Å². The lowest BCUT2D eigenvalue weighted by Crippen LogP contribution is -2.60. The van der Waals surface area contributed by atoms with E-state index in [-0.39, 0.29) is 12.5 Å². The minimum atomic E-state index is -1.55. The van der Waals surface area contributed by atoms with Crippen molar-refractivity contribution < 1.29 is 39.8 Å². The number of hydrogen-bond acceptors (Lipinski definition) is 8. The number of hydrogen-bond donors (Lipinski definition) is 6. The van der Waals surface area contributed by atoms with Crippen LogP contribution in [-0.4, -0.2) is 87.5 Å². The summed E-state index contributed by atoms with van der Waals surface area (Å²) in [4.78, 5) is 13.2. The summed E-state index contributed by atoms with van der Waals surface area (Å²) in [7, 11) is 0. The number of aliphatic hydroxyl groups is 5. The number of unbranched alkanes of at least 4 members (excludes halogenated alkanes) is 48. The number of carbonyl (C=O) groups excluding carboxylic acids is 1. The molecule has 0 bridgehead atoms. The maximum atomic E-state index is 13.2. The second kappa shape index (κ2) is 62.5. The number of amides is 1. The maximum Gasteiger partial charge on any atom is 0.220 e. The fraction of sp³-hybridized carbons (Fsp3) is 0.904. The number of rotatable bonds is 64. The smallest absolute Gasteiger partial charge is 0.220 e. The van der Waals surface area contributed by atoms with Crippen molar-refractivity contribution in [1.29, 1.82) is 0 Å². The Morgan fingerprint density at radius 1 is 0.415 bits per heavy atom. The van der Waals surface area contributed by atoms with Gasteiger partial charge in [-0.3, -0.25) is 4.79 Å². The monoisotopic (exact) mass is 1160 g/mol. The van der Waals surface area contributed by atoms with E-state index in [1.165, 1.54) is 289 Å². The lowest BCUT2D eigenvalue weighted by molar-refractivity contribution is -0.302. The highest BCUT2D eigenvalue weighted by molar-refractivity contribution is 5.76. The van der Waals surface area contributed by atoms with Crippen LogP contribution < -0.4 is 5.32 Å². The molecule has 0 aromatic heterocycles. The van der Waals surface area contributed by atoms with E-state index in [9.17, 15) is 30.3 Å². The van der Waals surface area contributed by atoms with Crippen LogP contribution in [0.5, 0.6) is 0 Å². The molecule has 1 fully saturated rings. The van der Waals surface area contributed by atoms with Gasteiger partial charge in [-0.1, -0.05) is 346 Å². The standard InChI is InChI=1S/C73H139NO8/c1-3-5-7-9-11-13-15-17-19-21-23-25-27-29-31-32-33-34-35-36-37-39-41-43-45-47-49-51-53-55-57-59-61-63-69(77)74-66(65-81-73-72(80)71(79)70(78)68(64-75)82-73)67(76)62-60-58-56-54-52-50-48-46-44-42-40-38-30-28-26-24-22-20-18-16-14-12-10-8-6-4-2/h15,17,21,23,27,29,66-68,70-73,75-76,78-80H,3-14,16,18-20,22,24-26,28,30-65H2,1-2H3,(H,74,77)/b17-15-,23-21-,29-27-. The van der Waals surface area contributed by atoms with Crippen molar-refractivity contribution in [3.63, 3.8) is 0 Å². The molecule has 1 aliphatic rings. The second-order valence-electron chi connectivity index (χ2n) is 25.4. The Balaban J connectivity index is 2.09. The third kappa shape index (κ3) is 50.6. The predicted molar refractivity (Wildman–Crippen MR) is 350 cm³/mol. The Hall–Kier alpha value is -1.59. The SMILES string of the molecule is CCCCCCC/C=C\C/C=C\C/C=C\CCCCCCCCCCCCCCCCCCCCC(=O)NC(COC1OC(CO)C(O)C(O)C1O)C(O)CCCCCCCCCCCCCCCCCCCCCCCCCCCC. The van der Waals surface area contributed by atoms with Gasteiger partial charge in [0.15, 0.2) is 6.29 Å². The van der Waals surface area contributed by atoms with Crippen LogP contribution in [0.3, 0.4) is 0 Å². The Morgan fingerprint density at radius 3 is 1.06 bits per heavy atom. The summed E-state index contributed by atoms with van der Waals surface area (Å²) in [6, 6.07) is -0.720. The predicted octanol–water partition coefficient (Wildman–Crippen LogP) is 19.8. The zero-order chi connectivity index (χ0) is 59.3. The van der Waals surface area contributed by atoms with Gasteiger partial charge in [0.1, 0.15) is 24.4 Å². The van der Waals surface area contributed by atoms with Crippen LogP contribution in [0.1, 0.15) is 367 Å². The van der Waals surface area contributed by atoms with Gasteiger partial charge in [-0.05, 0) is 51.4 Å². The van der Waals surface area contributed by atoms with E-state index in [0.29, 0.717) is 12.8 Å². The molecule has 1 aliphatic heterocycles. The Bertz CT molecular complexity index is 1390. The van der Waals surface area contributed by atoms with Gasteiger partial charge in [-0.25, -0.2) is 0 Å². The van der Waals surface area contributed by atoms with Crippen LogP contribution in [0.2, 0.25) is 0 Å². The molecule has 1 amide bonds. The van der Waals surface area contributed by atoms with Crippen molar-refractivity contribution in [1.82, 2.24) is 5.32 Å². The van der Waals surface area contributed by atoms with Crippen molar-refractivity contribution in [3.05, 3.63) is 36.5 Å². The zero-order valence-corrected chi connectivity index (χ0v) is 54.3. The number of ether oxygens (including phenoxy) is 2. The molecule has 82 heavy (non-hydrogen) atoms. The van der Waals surface area contributed by atoms with Crippen molar-refractivity contribution in [2.75, 3.05) is 13.2 Å². The molecule has 7 unspecified atom stereocenters. The normalized spacial score (nSPS) is 18.5. The first kappa shape index (κ1) is 78.4. The molecule has 1 rings (SSSR count). The van der Waals surface area contributed by atoms with Crippen molar-refractivity contribution in [2.24, 2.45) is 0 Å². The summed E-state index contributed by atoms with van der Waals surface area (Å²) < 4.78 is 11.4. The molecule has 0 spiro atoms. The van der Waals surface area contributed by atoms with E-state index < -0.39 is 49.5 Å². The largest absolute Gasteiger partial charge is 0.394 e. The average molecular weight is 1160 g/mol. The molecule has 0 saturated carbocycles. The summed E-state index contributed by atoms with van der Waals surface area (Å²) in [6.45, 7) is 3.88. The van der Waals surface area contributed by atoms with Crippen LogP contribution >= 0.6 is 0 Å². The Kier molecular flexibility index (Phi) is 59.7.